The van der Waals surface area contributed by atoms with Gasteiger partial charge in [0.25, 0.3) is 0 Å². The summed E-state index contributed by atoms with van der Waals surface area (Å²) in [4.78, 5) is 0. The quantitative estimate of drug-likeness (QED) is 0.0942. The average Bonchev–Trinajstić information content (AvgIpc) is 3.33. The lowest BCUT2D eigenvalue weighted by Gasteiger charge is -2.20. The van der Waals surface area contributed by atoms with Crippen LogP contribution >= 0.6 is 0 Å². The highest BCUT2D eigenvalue weighted by atomic mass is 16.4. The van der Waals surface area contributed by atoms with E-state index in [1.807, 2.05) is 84.9 Å². The van der Waals surface area contributed by atoms with Crippen LogP contribution in [0.1, 0.15) is 0 Å². The maximum atomic E-state index is 10.8. The molecule has 6 heteroatoms. The largest absolute Gasteiger partial charge is 0.504 e. The van der Waals surface area contributed by atoms with Crippen LogP contribution < -0.4 is 0 Å². The highest BCUT2D eigenvalue weighted by Crippen LogP contribution is 2.57. The molecule has 7 aromatic rings. The summed E-state index contributed by atoms with van der Waals surface area (Å²) in [5, 5.41) is 57.3. The summed E-state index contributed by atoms with van der Waals surface area (Å²) in [7, 11) is 0. The summed E-state index contributed by atoms with van der Waals surface area (Å²) < 4.78 is 6.03. The van der Waals surface area contributed by atoms with Crippen molar-refractivity contribution in [2.75, 3.05) is 0 Å². The second-order valence-corrected chi connectivity index (χ2v) is 9.27. The number of hydrogen-bond acceptors (Lipinski definition) is 6. The predicted octanol–water partition coefficient (Wildman–Crippen LogP) is 7.75. The highest BCUT2D eigenvalue weighted by Gasteiger charge is 2.28. The first-order valence-electron chi connectivity index (χ1n) is 12.0. The number of phenolic OH excluding ortho intramolecular Hbond substituents is 5. The highest BCUT2D eigenvalue weighted by molar-refractivity contribution is 6.23. The Bertz CT molecular complexity index is 2000. The van der Waals surface area contributed by atoms with Gasteiger partial charge in [-0.25, -0.2) is 0 Å². The van der Waals surface area contributed by atoms with Gasteiger partial charge in [-0.1, -0.05) is 72.8 Å². The lowest BCUT2D eigenvalue weighted by atomic mass is 9.85. The van der Waals surface area contributed by atoms with Gasteiger partial charge >= 0.3 is 0 Å². The minimum Gasteiger partial charge on any atom is -0.504 e. The molecule has 38 heavy (non-hydrogen) atoms. The Balaban J connectivity index is 1.64. The van der Waals surface area contributed by atoms with Gasteiger partial charge in [-0.15, -0.1) is 0 Å². The molecule has 184 valence electrons. The zero-order chi connectivity index (χ0) is 26.1. The molecule has 6 nitrogen and oxygen atoms in total. The van der Waals surface area contributed by atoms with Gasteiger partial charge in [-0.2, -0.15) is 0 Å². The van der Waals surface area contributed by atoms with Gasteiger partial charge in [0.2, 0.25) is 17.2 Å². The first kappa shape index (κ1) is 21.9. The maximum absolute atomic E-state index is 10.8. The summed E-state index contributed by atoms with van der Waals surface area (Å²) in [6.45, 7) is 0. The second-order valence-electron chi connectivity index (χ2n) is 9.27. The molecule has 0 spiro atoms. The van der Waals surface area contributed by atoms with Gasteiger partial charge in [0.15, 0.2) is 11.5 Å². The van der Waals surface area contributed by atoms with Crippen LogP contribution in [0.5, 0.6) is 28.7 Å². The van der Waals surface area contributed by atoms with Crippen molar-refractivity contribution in [3.63, 3.8) is 0 Å². The van der Waals surface area contributed by atoms with Crippen molar-refractivity contribution in [3.8, 4) is 51.0 Å². The van der Waals surface area contributed by atoms with Gasteiger partial charge in [0.1, 0.15) is 11.2 Å². The van der Waals surface area contributed by atoms with E-state index in [4.69, 9.17) is 4.42 Å². The molecule has 1 heterocycles. The molecule has 0 radical (unpaired) electrons. The Hall–Kier alpha value is -5.36. The third-order valence-corrected chi connectivity index (χ3v) is 7.22. The minimum atomic E-state index is -0.991. The second kappa shape index (κ2) is 7.82. The van der Waals surface area contributed by atoms with E-state index >= 15 is 0 Å². The van der Waals surface area contributed by atoms with E-state index in [2.05, 4.69) is 6.07 Å². The van der Waals surface area contributed by atoms with Crippen LogP contribution in [0.15, 0.2) is 95.4 Å². The Kier molecular flexibility index (Phi) is 4.50. The Morgan fingerprint density at radius 3 is 1.39 bits per heavy atom. The third-order valence-electron chi connectivity index (χ3n) is 7.22. The molecule has 0 amide bonds. The number of rotatable bonds is 2. The zero-order valence-corrected chi connectivity index (χ0v) is 19.8. The van der Waals surface area contributed by atoms with E-state index in [0.29, 0.717) is 16.3 Å². The Morgan fingerprint density at radius 1 is 0.368 bits per heavy atom. The van der Waals surface area contributed by atoms with Gasteiger partial charge in [-0.05, 0) is 50.9 Å². The molecule has 6 aromatic carbocycles. The van der Waals surface area contributed by atoms with Gasteiger partial charge in [0, 0.05) is 16.3 Å². The van der Waals surface area contributed by atoms with Crippen molar-refractivity contribution in [1.29, 1.82) is 0 Å². The normalized spacial score (nSPS) is 11.7. The molecule has 0 atom stereocenters. The van der Waals surface area contributed by atoms with Crippen molar-refractivity contribution >= 4 is 43.5 Å². The smallest absolute Gasteiger partial charge is 0.208 e. The molecule has 0 unspecified atom stereocenters. The molecular formula is C32H20O6. The summed E-state index contributed by atoms with van der Waals surface area (Å²) in [5.41, 5.74) is 3.72. The van der Waals surface area contributed by atoms with E-state index in [1.165, 1.54) is 0 Å². The molecule has 0 aliphatic heterocycles. The number of hydrogen-bond donors (Lipinski definition) is 5. The first-order chi connectivity index (χ1) is 18.5. The minimum absolute atomic E-state index is 0.173. The fourth-order valence-electron chi connectivity index (χ4n) is 5.51. The molecule has 0 fully saturated rings. The fourth-order valence-corrected chi connectivity index (χ4v) is 5.51. The number of furan rings is 1. The van der Waals surface area contributed by atoms with Gasteiger partial charge in [0.05, 0.1) is 5.56 Å². The van der Waals surface area contributed by atoms with Gasteiger partial charge < -0.3 is 29.9 Å². The standard InChI is InChI=1S/C32H20O6/c33-28-27(29(34)31(36)32(37)30(28)35)26-20-10-3-1-8-18(20)25(19-9-2-4-11-21(19)26)16-13-14-24-22(15-16)17-7-5-6-12-23(17)38-24/h1-15,33-37H. The molecule has 0 bridgehead atoms. The Morgan fingerprint density at radius 2 is 0.816 bits per heavy atom. The van der Waals surface area contributed by atoms with E-state index in [9.17, 15) is 25.5 Å². The van der Waals surface area contributed by atoms with Crippen LogP contribution in [0, 0.1) is 0 Å². The van der Waals surface area contributed by atoms with E-state index in [0.717, 1.165) is 43.8 Å². The lowest BCUT2D eigenvalue weighted by molar-refractivity contribution is 0.330. The summed E-state index contributed by atoms with van der Waals surface area (Å²) in [5.74, 6) is -4.27. The summed E-state index contributed by atoms with van der Waals surface area (Å²) >= 11 is 0. The van der Waals surface area contributed by atoms with Crippen LogP contribution in [0.4, 0.5) is 0 Å². The predicted molar refractivity (Wildman–Crippen MR) is 148 cm³/mol. The van der Waals surface area contributed by atoms with Crippen molar-refractivity contribution in [2.45, 2.75) is 0 Å². The SMILES string of the molecule is Oc1c(O)c(O)c(-c2c3ccccc3c(-c3ccc4oc5ccccc5c4c3)c3ccccc23)c(O)c1O. The van der Waals surface area contributed by atoms with Crippen LogP contribution in [0.25, 0.3) is 65.7 Å². The number of fused-ring (bicyclic) bond motifs is 5. The topological polar surface area (TPSA) is 114 Å². The zero-order valence-electron chi connectivity index (χ0n) is 19.8. The molecule has 5 N–H and O–H groups in total. The molecule has 0 saturated carbocycles. The molecule has 0 aliphatic rings. The van der Waals surface area contributed by atoms with Crippen LogP contribution in [-0.2, 0) is 0 Å². The van der Waals surface area contributed by atoms with Crippen LogP contribution in [-0.4, -0.2) is 25.5 Å². The third kappa shape index (κ3) is 2.88. The fraction of sp³-hybridized carbons (Fsp3) is 0. The van der Waals surface area contributed by atoms with Gasteiger partial charge in [-0.3, -0.25) is 0 Å². The first-order valence-corrected chi connectivity index (χ1v) is 12.0. The maximum Gasteiger partial charge on any atom is 0.208 e. The van der Waals surface area contributed by atoms with Crippen LogP contribution in [0.2, 0.25) is 0 Å². The lowest BCUT2D eigenvalue weighted by Crippen LogP contribution is -1.92. The molecular weight excluding hydrogens is 480 g/mol. The molecule has 1 aromatic heterocycles. The number of aromatic hydroxyl groups is 5. The van der Waals surface area contributed by atoms with Crippen molar-refractivity contribution in [3.05, 3.63) is 91.0 Å². The van der Waals surface area contributed by atoms with Crippen molar-refractivity contribution in [1.82, 2.24) is 0 Å². The van der Waals surface area contributed by atoms with Crippen LogP contribution in [0.3, 0.4) is 0 Å². The van der Waals surface area contributed by atoms with E-state index < -0.39 is 28.7 Å². The average molecular weight is 501 g/mol. The summed E-state index contributed by atoms with van der Waals surface area (Å²) in [6.07, 6.45) is 0. The van der Waals surface area contributed by atoms with Crippen molar-refractivity contribution in [2.24, 2.45) is 0 Å². The van der Waals surface area contributed by atoms with E-state index in [-0.39, 0.29) is 5.56 Å². The molecule has 7 rings (SSSR count). The number of benzene rings is 6. The molecule has 0 aliphatic carbocycles. The Labute approximate surface area is 215 Å². The number of phenols is 5. The number of para-hydroxylation sites is 1. The summed E-state index contributed by atoms with van der Waals surface area (Å²) in [6, 6.07) is 29.0. The van der Waals surface area contributed by atoms with Crippen molar-refractivity contribution < 1.29 is 29.9 Å². The molecule has 0 saturated heterocycles. The monoisotopic (exact) mass is 500 g/mol. The van der Waals surface area contributed by atoms with E-state index in [1.54, 1.807) is 0 Å².